The fraction of sp³-hybridized carbons (Fsp3) is 0.600. The number of piperidine rings is 1. The largest absolute Gasteiger partial charge is 0.354 e. The highest BCUT2D eigenvalue weighted by Crippen LogP contribution is 2.18. The van der Waals surface area contributed by atoms with Crippen LogP contribution in [0.5, 0.6) is 0 Å². The van der Waals surface area contributed by atoms with Gasteiger partial charge in [0, 0.05) is 31.1 Å². The monoisotopic (exact) mass is 413 g/mol. The predicted molar refractivity (Wildman–Crippen MR) is 110 cm³/mol. The first-order valence-corrected chi connectivity index (χ1v) is 10.0. The van der Waals surface area contributed by atoms with Gasteiger partial charge in [-0.05, 0) is 62.3 Å². The Hall–Kier alpha value is -1.30. The van der Waals surface area contributed by atoms with Crippen LogP contribution in [0.2, 0.25) is 5.02 Å². The minimum absolute atomic E-state index is 0. The van der Waals surface area contributed by atoms with Crippen molar-refractivity contribution >= 4 is 35.8 Å². The molecule has 2 aliphatic heterocycles. The fourth-order valence-electron chi connectivity index (χ4n) is 3.80. The molecule has 0 radical (unpaired) electrons. The van der Waals surface area contributed by atoms with Gasteiger partial charge in [0.2, 0.25) is 11.8 Å². The van der Waals surface area contributed by atoms with Crippen molar-refractivity contribution in [1.82, 2.24) is 15.5 Å². The van der Waals surface area contributed by atoms with E-state index < -0.39 is 0 Å². The van der Waals surface area contributed by atoms with Crippen molar-refractivity contribution in [3.05, 3.63) is 34.9 Å². The summed E-state index contributed by atoms with van der Waals surface area (Å²) in [5.74, 6) is 0.663. The number of amides is 2. The number of aryl methyl sites for hydroxylation is 1. The van der Waals surface area contributed by atoms with Gasteiger partial charge in [0.05, 0.1) is 6.04 Å². The van der Waals surface area contributed by atoms with E-state index in [0.29, 0.717) is 23.9 Å². The Morgan fingerprint density at radius 2 is 1.96 bits per heavy atom. The first kappa shape index (κ1) is 22.0. The number of hydrogen-bond donors (Lipinski definition) is 2. The Labute approximate surface area is 172 Å². The van der Waals surface area contributed by atoms with Gasteiger partial charge in [0.1, 0.15) is 0 Å². The molecule has 3 rings (SSSR count). The zero-order chi connectivity index (χ0) is 18.4. The second-order valence-corrected chi connectivity index (χ2v) is 7.81. The molecule has 2 aliphatic rings. The molecule has 0 bridgehead atoms. The zero-order valence-electron chi connectivity index (χ0n) is 15.6. The van der Waals surface area contributed by atoms with Gasteiger partial charge < -0.3 is 15.5 Å². The molecule has 1 aromatic carbocycles. The molecular formula is C20H29Cl2N3O2. The van der Waals surface area contributed by atoms with Gasteiger partial charge in [-0.3, -0.25) is 9.59 Å². The third-order valence-corrected chi connectivity index (χ3v) is 5.61. The Morgan fingerprint density at radius 1 is 1.19 bits per heavy atom. The maximum Gasteiger partial charge on any atom is 0.237 e. The maximum absolute atomic E-state index is 12.5. The van der Waals surface area contributed by atoms with Crippen molar-refractivity contribution in [2.45, 2.75) is 44.6 Å². The number of nitrogens with one attached hydrogen (secondary N) is 2. The molecule has 5 nitrogen and oxygen atoms in total. The molecule has 1 aromatic rings. The van der Waals surface area contributed by atoms with Crippen LogP contribution in [0.4, 0.5) is 0 Å². The minimum atomic E-state index is -0.0318. The molecule has 0 aromatic heterocycles. The number of rotatable bonds is 6. The molecule has 0 saturated carbocycles. The predicted octanol–water partition coefficient (Wildman–Crippen LogP) is 2.80. The quantitative estimate of drug-likeness (QED) is 0.753. The number of benzene rings is 1. The Bertz CT molecular complexity index is 618. The third kappa shape index (κ3) is 6.66. The molecule has 2 atom stereocenters. The van der Waals surface area contributed by atoms with Crippen LogP contribution in [-0.2, 0) is 16.0 Å². The molecule has 2 N–H and O–H groups in total. The van der Waals surface area contributed by atoms with Crippen molar-refractivity contribution in [2.24, 2.45) is 5.92 Å². The molecule has 2 amide bonds. The first-order chi connectivity index (χ1) is 12.6. The highest BCUT2D eigenvalue weighted by molar-refractivity contribution is 6.30. The van der Waals surface area contributed by atoms with Gasteiger partial charge in [0.25, 0.3) is 0 Å². The van der Waals surface area contributed by atoms with E-state index in [9.17, 15) is 9.59 Å². The van der Waals surface area contributed by atoms with Crippen LogP contribution in [0.1, 0.15) is 37.7 Å². The summed E-state index contributed by atoms with van der Waals surface area (Å²) in [5, 5.41) is 7.00. The lowest BCUT2D eigenvalue weighted by atomic mass is 9.97. The summed E-state index contributed by atoms with van der Waals surface area (Å²) in [6, 6.07) is 7.64. The summed E-state index contributed by atoms with van der Waals surface area (Å²) in [5.41, 5.74) is 1.13. The molecule has 27 heavy (non-hydrogen) atoms. The lowest BCUT2D eigenvalue weighted by Crippen LogP contribution is -2.46. The van der Waals surface area contributed by atoms with Crippen molar-refractivity contribution in [2.75, 3.05) is 26.2 Å². The summed E-state index contributed by atoms with van der Waals surface area (Å²) in [7, 11) is 0. The van der Waals surface area contributed by atoms with E-state index in [1.54, 1.807) is 0 Å². The summed E-state index contributed by atoms with van der Waals surface area (Å²) in [4.78, 5) is 26.6. The average Bonchev–Trinajstić information content (AvgIpc) is 3.20. The van der Waals surface area contributed by atoms with Gasteiger partial charge >= 0.3 is 0 Å². The summed E-state index contributed by atoms with van der Waals surface area (Å²) in [6.07, 6.45) is 5.32. The Balaban J connectivity index is 0.00000261. The molecular weight excluding hydrogens is 385 g/mol. The molecule has 2 heterocycles. The molecule has 2 unspecified atom stereocenters. The summed E-state index contributed by atoms with van der Waals surface area (Å²) in [6.45, 7) is 3.17. The smallest absolute Gasteiger partial charge is 0.237 e. The molecule has 150 valence electrons. The van der Waals surface area contributed by atoms with Crippen LogP contribution in [-0.4, -0.2) is 48.9 Å². The van der Waals surface area contributed by atoms with E-state index in [0.717, 1.165) is 57.3 Å². The van der Waals surface area contributed by atoms with E-state index in [1.165, 1.54) is 0 Å². The lowest BCUT2D eigenvalue weighted by molar-refractivity contribution is -0.132. The zero-order valence-corrected chi connectivity index (χ0v) is 17.2. The van der Waals surface area contributed by atoms with Crippen LogP contribution in [0.25, 0.3) is 0 Å². The van der Waals surface area contributed by atoms with Gasteiger partial charge in [-0.15, -0.1) is 12.4 Å². The number of nitrogens with zero attached hydrogens (tertiary/aromatic N) is 1. The van der Waals surface area contributed by atoms with Crippen molar-refractivity contribution in [3.8, 4) is 0 Å². The molecule has 0 aliphatic carbocycles. The highest BCUT2D eigenvalue weighted by Gasteiger charge is 2.26. The van der Waals surface area contributed by atoms with Crippen LogP contribution in [0.15, 0.2) is 24.3 Å². The summed E-state index contributed by atoms with van der Waals surface area (Å²) < 4.78 is 0. The van der Waals surface area contributed by atoms with E-state index in [4.69, 9.17) is 11.6 Å². The highest BCUT2D eigenvalue weighted by atomic mass is 35.5. The Kier molecular flexibility index (Phi) is 8.87. The van der Waals surface area contributed by atoms with Crippen LogP contribution in [0, 0.1) is 5.92 Å². The molecule has 2 fully saturated rings. The maximum atomic E-state index is 12.5. The number of likely N-dealkylation sites (tertiary alicyclic amines) is 1. The van der Waals surface area contributed by atoms with Gasteiger partial charge in [-0.2, -0.15) is 0 Å². The molecule has 0 spiro atoms. The van der Waals surface area contributed by atoms with Crippen LogP contribution < -0.4 is 10.6 Å². The standard InChI is InChI=1S/C20H28ClN3O2.ClH/c21-17-8-5-15(6-9-17)7-10-19(25)24-12-2-3-16(14-24)13-23-20(26)18-4-1-11-22-18;/h5-6,8-9,16,18,22H,1-4,7,10-14H2,(H,23,26);1H. The third-order valence-electron chi connectivity index (χ3n) is 5.35. The lowest BCUT2D eigenvalue weighted by Gasteiger charge is -2.33. The van der Waals surface area contributed by atoms with Crippen molar-refractivity contribution in [3.63, 3.8) is 0 Å². The SMILES string of the molecule is Cl.O=C(NCC1CCCN(C(=O)CCc2ccc(Cl)cc2)C1)C1CCCN1. The Morgan fingerprint density at radius 3 is 2.67 bits per heavy atom. The van der Waals surface area contributed by atoms with Gasteiger partial charge in [0.15, 0.2) is 0 Å². The van der Waals surface area contributed by atoms with E-state index in [-0.39, 0.29) is 30.3 Å². The van der Waals surface area contributed by atoms with E-state index in [1.807, 2.05) is 29.2 Å². The van der Waals surface area contributed by atoms with E-state index >= 15 is 0 Å². The van der Waals surface area contributed by atoms with Crippen molar-refractivity contribution < 1.29 is 9.59 Å². The number of carbonyl (C=O) groups is 2. The second-order valence-electron chi connectivity index (χ2n) is 7.37. The first-order valence-electron chi connectivity index (χ1n) is 9.65. The fourth-order valence-corrected chi connectivity index (χ4v) is 3.92. The number of carbonyl (C=O) groups excluding carboxylic acids is 2. The van der Waals surface area contributed by atoms with Gasteiger partial charge in [-0.25, -0.2) is 0 Å². The van der Waals surface area contributed by atoms with Crippen LogP contribution in [0.3, 0.4) is 0 Å². The molecule has 7 heteroatoms. The second kappa shape index (κ2) is 10.9. The summed E-state index contributed by atoms with van der Waals surface area (Å²) >= 11 is 5.90. The number of halogens is 2. The van der Waals surface area contributed by atoms with Crippen molar-refractivity contribution in [1.29, 1.82) is 0 Å². The minimum Gasteiger partial charge on any atom is -0.354 e. The topological polar surface area (TPSA) is 61.4 Å². The van der Waals surface area contributed by atoms with E-state index in [2.05, 4.69) is 10.6 Å². The van der Waals surface area contributed by atoms with Crippen LogP contribution >= 0.6 is 24.0 Å². The average molecular weight is 414 g/mol. The normalized spacial score (nSPS) is 22.2. The molecule has 2 saturated heterocycles. The van der Waals surface area contributed by atoms with Gasteiger partial charge in [-0.1, -0.05) is 23.7 Å². The number of hydrogen-bond acceptors (Lipinski definition) is 3.